The number of nitrogens with zero attached hydrogens (tertiary/aromatic N) is 2. The van der Waals surface area contributed by atoms with Crippen molar-refractivity contribution >= 4 is 21.7 Å². The zero-order valence-corrected chi connectivity index (χ0v) is 13.7. The molecule has 1 atom stereocenters. The maximum atomic E-state index is 4.55. The molecule has 1 fully saturated rings. The highest BCUT2D eigenvalue weighted by Crippen LogP contribution is 2.30. The zero-order chi connectivity index (χ0) is 13.8. The Labute approximate surface area is 124 Å². The Hall–Kier alpha value is -0.610. The standard InChI is InChI=1S/C15H24BrN3/c1-11(2)18-9-13-5-4-8-19(10-13)15-14(16)12(3)6-7-17-15/h6-7,11,13,18H,4-5,8-10H2,1-3H3. The van der Waals surface area contributed by atoms with Crippen molar-refractivity contribution < 1.29 is 0 Å². The summed E-state index contributed by atoms with van der Waals surface area (Å²) in [5, 5.41) is 3.55. The van der Waals surface area contributed by atoms with Crippen LogP contribution in [0.5, 0.6) is 0 Å². The summed E-state index contributed by atoms with van der Waals surface area (Å²) in [6, 6.07) is 2.62. The zero-order valence-electron chi connectivity index (χ0n) is 12.1. The largest absolute Gasteiger partial charge is 0.355 e. The number of halogens is 1. The highest BCUT2D eigenvalue weighted by Gasteiger charge is 2.22. The van der Waals surface area contributed by atoms with Gasteiger partial charge in [0.1, 0.15) is 5.82 Å². The molecule has 1 N–H and O–H groups in total. The van der Waals surface area contributed by atoms with Crippen LogP contribution in [0.2, 0.25) is 0 Å². The summed E-state index contributed by atoms with van der Waals surface area (Å²) in [4.78, 5) is 6.97. The first-order valence-corrected chi connectivity index (χ1v) is 7.96. The first-order valence-electron chi connectivity index (χ1n) is 7.17. The second-order valence-corrected chi connectivity index (χ2v) is 6.58. The summed E-state index contributed by atoms with van der Waals surface area (Å²) >= 11 is 3.68. The molecule has 19 heavy (non-hydrogen) atoms. The molecule has 0 spiro atoms. The van der Waals surface area contributed by atoms with E-state index in [1.54, 1.807) is 0 Å². The van der Waals surface area contributed by atoms with Gasteiger partial charge < -0.3 is 10.2 Å². The molecule has 0 radical (unpaired) electrons. The summed E-state index contributed by atoms with van der Waals surface area (Å²) in [5.41, 5.74) is 1.26. The molecular formula is C15H24BrN3. The summed E-state index contributed by atoms with van der Waals surface area (Å²) in [6.45, 7) is 9.87. The lowest BCUT2D eigenvalue weighted by atomic mass is 9.97. The normalized spacial score (nSPS) is 20.1. The van der Waals surface area contributed by atoms with Gasteiger partial charge in [-0.05, 0) is 59.8 Å². The van der Waals surface area contributed by atoms with Crippen molar-refractivity contribution in [3.05, 3.63) is 22.3 Å². The Bertz CT molecular complexity index is 420. The SMILES string of the molecule is Cc1ccnc(N2CCCC(CNC(C)C)C2)c1Br. The fourth-order valence-electron chi connectivity index (χ4n) is 2.57. The fourth-order valence-corrected chi connectivity index (χ4v) is 3.06. The van der Waals surface area contributed by atoms with E-state index in [9.17, 15) is 0 Å². The van der Waals surface area contributed by atoms with Gasteiger partial charge in [-0.3, -0.25) is 0 Å². The van der Waals surface area contributed by atoms with Crippen molar-refractivity contribution in [1.29, 1.82) is 0 Å². The number of hydrogen-bond acceptors (Lipinski definition) is 3. The van der Waals surface area contributed by atoms with Crippen LogP contribution in [0.4, 0.5) is 5.82 Å². The predicted molar refractivity (Wildman–Crippen MR) is 84.7 cm³/mol. The van der Waals surface area contributed by atoms with E-state index in [1.807, 2.05) is 6.20 Å². The van der Waals surface area contributed by atoms with Gasteiger partial charge in [0.15, 0.2) is 0 Å². The van der Waals surface area contributed by atoms with Crippen molar-refractivity contribution in [3.63, 3.8) is 0 Å². The summed E-state index contributed by atoms with van der Waals surface area (Å²) in [6.07, 6.45) is 4.48. The molecule has 0 aliphatic carbocycles. The molecule has 106 valence electrons. The van der Waals surface area contributed by atoms with Gasteiger partial charge in [-0.1, -0.05) is 13.8 Å². The second-order valence-electron chi connectivity index (χ2n) is 5.78. The Morgan fingerprint density at radius 2 is 2.32 bits per heavy atom. The second kappa shape index (κ2) is 6.71. The Balaban J connectivity index is 2.02. The van der Waals surface area contributed by atoms with E-state index in [-0.39, 0.29) is 0 Å². The number of rotatable bonds is 4. The van der Waals surface area contributed by atoms with Gasteiger partial charge in [-0.15, -0.1) is 0 Å². The minimum absolute atomic E-state index is 0.569. The maximum Gasteiger partial charge on any atom is 0.143 e. The molecule has 1 aromatic rings. The van der Waals surface area contributed by atoms with Gasteiger partial charge in [-0.2, -0.15) is 0 Å². The average Bonchev–Trinajstić information content (AvgIpc) is 2.40. The molecule has 1 aliphatic heterocycles. The number of hydrogen-bond donors (Lipinski definition) is 1. The molecule has 0 amide bonds. The van der Waals surface area contributed by atoms with Crippen LogP contribution >= 0.6 is 15.9 Å². The Kier molecular flexibility index (Phi) is 5.22. The molecule has 1 aliphatic rings. The number of anilines is 1. The van der Waals surface area contributed by atoms with Crippen LogP contribution in [0, 0.1) is 12.8 Å². The highest BCUT2D eigenvalue weighted by molar-refractivity contribution is 9.10. The van der Waals surface area contributed by atoms with Gasteiger partial charge in [-0.25, -0.2) is 4.98 Å². The van der Waals surface area contributed by atoms with Crippen molar-refractivity contribution in [1.82, 2.24) is 10.3 Å². The van der Waals surface area contributed by atoms with Crippen LogP contribution in [0.15, 0.2) is 16.7 Å². The van der Waals surface area contributed by atoms with Gasteiger partial charge in [0.25, 0.3) is 0 Å². The molecule has 0 bridgehead atoms. The smallest absolute Gasteiger partial charge is 0.143 e. The van der Waals surface area contributed by atoms with E-state index in [0.29, 0.717) is 6.04 Å². The van der Waals surface area contributed by atoms with E-state index < -0.39 is 0 Å². The third-order valence-electron chi connectivity index (χ3n) is 3.70. The fraction of sp³-hybridized carbons (Fsp3) is 0.667. The Morgan fingerprint density at radius 1 is 1.53 bits per heavy atom. The van der Waals surface area contributed by atoms with E-state index >= 15 is 0 Å². The third kappa shape index (κ3) is 3.93. The summed E-state index contributed by atoms with van der Waals surface area (Å²) < 4.78 is 1.15. The number of aryl methyl sites for hydroxylation is 1. The monoisotopic (exact) mass is 325 g/mol. The van der Waals surface area contributed by atoms with Crippen LogP contribution in [-0.4, -0.2) is 30.7 Å². The van der Waals surface area contributed by atoms with Crippen molar-refractivity contribution in [3.8, 4) is 0 Å². The molecule has 2 heterocycles. The highest BCUT2D eigenvalue weighted by atomic mass is 79.9. The number of aromatic nitrogens is 1. The molecule has 1 unspecified atom stereocenters. The third-order valence-corrected chi connectivity index (χ3v) is 4.68. The van der Waals surface area contributed by atoms with E-state index in [4.69, 9.17) is 0 Å². The van der Waals surface area contributed by atoms with Crippen molar-refractivity contribution in [2.24, 2.45) is 5.92 Å². The average molecular weight is 326 g/mol. The lowest BCUT2D eigenvalue weighted by molar-refractivity contribution is 0.378. The summed E-state index contributed by atoms with van der Waals surface area (Å²) in [5.74, 6) is 1.83. The van der Waals surface area contributed by atoms with E-state index in [0.717, 1.165) is 35.8 Å². The molecule has 0 saturated carbocycles. The lowest BCUT2D eigenvalue weighted by Gasteiger charge is -2.34. The van der Waals surface area contributed by atoms with E-state index in [1.165, 1.54) is 18.4 Å². The van der Waals surface area contributed by atoms with Crippen molar-refractivity contribution in [2.45, 2.75) is 39.7 Å². The maximum absolute atomic E-state index is 4.55. The van der Waals surface area contributed by atoms with Gasteiger partial charge in [0.2, 0.25) is 0 Å². The van der Waals surface area contributed by atoms with Crippen LogP contribution in [-0.2, 0) is 0 Å². The molecule has 1 aromatic heterocycles. The topological polar surface area (TPSA) is 28.2 Å². The predicted octanol–water partition coefficient (Wildman–Crippen LogP) is 3.37. The number of pyridine rings is 1. The number of nitrogens with one attached hydrogen (secondary N) is 1. The first-order chi connectivity index (χ1) is 9.08. The van der Waals surface area contributed by atoms with E-state index in [2.05, 4.69) is 58.0 Å². The molecule has 2 rings (SSSR count). The molecule has 3 nitrogen and oxygen atoms in total. The molecule has 1 saturated heterocycles. The van der Waals surface area contributed by atoms with Crippen LogP contribution < -0.4 is 10.2 Å². The molecule has 4 heteroatoms. The van der Waals surface area contributed by atoms with Crippen molar-refractivity contribution in [2.75, 3.05) is 24.5 Å². The minimum atomic E-state index is 0.569. The molecular weight excluding hydrogens is 302 g/mol. The van der Waals surface area contributed by atoms with Crippen LogP contribution in [0.25, 0.3) is 0 Å². The van der Waals surface area contributed by atoms with Crippen LogP contribution in [0.3, 0.4) is 0 Å². The minimum Gasteiger partial charge on any atom is -0.355 e. The lowest BCUT2D eigenvalue weighted by Crippen LogP contribution is -2.41. The number of piperidine rings is 1. The Morgan fingerprint density at radius 3 is 3.05 bits per heavy atom. The van der Waals surface area contributed by atoms with Gasteiger partial charge in [0.05, 0.1) is 4.47 Å². The summed E-state index contributed by atoms with van der Waals surface area (Å²) in [7, 11) is 0. The van der Waals surface area contributed by atoms with Gasteiger partial charge in [0, 0.05) is 25.3 Å². The molecule has 0 aromatic carbocycles. The first kappa shape index (κ1) is 14.8. The van der Waals surface area contributed by atoms with Gasteiger partial charge >= 0.3 is 0 Å². The quantitative estimate of drug-likeness (QED) is 0.919. The van der Waals surface area contributed by atoms with Crippen LogP contribution in [0.1, 0.15) is 32.3 Å².